The molecule has 1 aromatic heterocycles. The fourth-order valence-corrected chi connectivity index (χ4v) is 12.8. The lowest BCUT2D eigenvalue weighted by Gasteiger charge is -2.34. The van der Waals surface area contributed by atoms with Gasteiger partial charge in [0.25, 0.3) is 0 Å². The number of anilines is 3. The van der Waals surface area contributed by atoms with Crippen molar-refractivity contribution in [1.29, 1.82) is 0 Å². The molecule has 11 aromatic rings. The third-order valence-corrected chi connectivity index (χ3v) is 15.8. The second-order valence-electron chi connectivity index (χ2n) is 18.4. The highest BCUT2D eigenvalue weighted by atomic mass is 32.1. The molecular formula is C64H45NS. The summed E-state index contributed by atoms with van der Waals surface area (Å²) in [5.74, 6) is 0. The van der Waals surface area contributed by atoms with E-state index in [2.05, 4.69) is 255 Å². The van der Waals surface area contributed by atoms with E-state index in [4.69, 9.17) is 0 Å². The molecule has 0 amide bonds. The van der Waals surface area contributed by atoms with E-state index in [0.717, 1.165) is 17.1 Å². The van der Waals surface area contributed by atoms with Crippen LogP contribution in [0.15, 0.2) is 237 Å². The molecule has 0 bridgehead atoms. The quantitative estimate of drug-likeness (QED) is 0.154. The van der Waals surface area contributed by atoms with E-state index in [1.807, 2.05) is 11.3 Å². The summed E-state index contributed by atoms with van der Waals surface area (Å²) in [6, 6.07) is 88.0. The van der Waals surface area contributed by atoms with E-state index in [-0.39, 0.29) is 5.41 Å². The van der Waals surface area contributed by atoms with Gasteiger partial charge in [-0.15, -0.1) is 11.3 Å². The molecule has 0 aliphatic heterocycles. The van der Waals surface area contributed by atoms with Crippen molar-refractivity contribution >= 4 is 48.6 Å². The summed E-state index contributed by atoms with van der Waals surface area (Å²) in [5.41, 5.74) is 21.1. The molecule has 2 aliphatic carbocycles. The van der Waals surface area contributed by atoms with E-state index in [0.29, 0.717) is 0 Å². The van der Waals surface area contributed by atoms with Crippen molar-refractivity contribution in [2.45, 2.75) is 24.7 Å². The number of fused-ring (bicyclic) bond motifs is 9. The molecular weight excluding hydrogens is 815 g/mol. The van der Waals surface area contributed by atoms with Crippen LogP contribution in [0.2, 0.25) is 0 Å². The van der Waals surface area contributed by atoms with E-state index in [1.54, 1.807) is 0 Å². The standard InChI is InChI=1S/C64H45NS/c1-63(2)56-25-13-9-21-51(56)54-38-37-48(41-59(54)63)65(46-19-7-4-8-20-46)47-35-31-42(32-36-47)49-39-40-50(62-61(49)55-24-12-16-28-60(55)66-62)43-29-33-45(34-30-43)64(44-17-5-3-6-18-44)57-26-14-10-22-52(57)53-23-11-15-27-58(53)64/h3-41H,1-2H3. The molecule has 2 aliphatic rings. The highest BCUT2D eigenvalue weighted by Gasteiger charge is 2.46. The monoisotopic (exact) mass is 859 g/mol. The van der Waals surface area contributed by atoms with Crippen LogP contribution in [0, 0.1) is 0 Å². The smallest absolute Gasteiger partial charge is 0.0713 e. The Kier molecular flexibility index (Phi) is 8.72. The zero-order valence-electron chi connectivity index (χ0n) is 36.9. The Labute approximate surface area is 390 Å². The van der Waals surface area contributed by atoms with Crippen LogP contribution >= 0.6 is 11.3 Å². The maximum absolute atomic E-state index is 2.41. The number of hydrogen-bond acceptors (Lipinski definition) is 2. The van der Waals surface area contributed by atoms with Crippen molar-refractivity contribution in [2.75, 3.05) is 4.90 Å². The van der Waals surface area contributed by atoms with Crippen LogP contribution in [0.25, 0.3) is 64.7 Å². The Hall–Kier alpha value is -7.78. The summed E-state index contributed by atoms with van der Waals surface area (Å²) in [7, 11) is 0. The largest absolute Gasteiger partial charge is 0.310 e. The van der Waals surface area contributed by atoms with Crippen molar-refractivity contribution in [2.24, 2.45) is 0 Å². The van der Waals surface area contributed by atoms with Gasteiger partial charge in [-0.05, 0) is 120 Å². The Morgan fingerprint density at radius 3 is 1.52 bits per heavy atom. The molecule has 312 valence electrons. The Balaban J connectivity index is 0.911. The van der Waals surface area contributed by atoms with Crippen molar-refractivity contribution in [3.8, 4) is 44.5 Å². The van der Waals surface area contributed by atoms with Gasteiger partial charge < -0.3 is 4.90 Å². The minimum absolute atomic E-state index is 0.0875. The first-order valence-electron chi connectivity index (χ1n) is 23.0. The third-order valence-electron chi connectivity index (χ3n) is 14.6. The summed E-state index contributed by atoms with van der Waals surface area (Å²) >= 11 is 1.90. The van der Waals surface area contributed by atoms with Gasteiger partial charge in [-0.25, -0.2) is 0 Å². The van der Waals surface area contributed by atoms with E-state index in [1.165, 1.54) is 98.1 Å². The Morgan fingerprint density at radius 1 is 0.348 bits per heavy atom. The fraction of sp³-hybridized carbons (Fsp3) is 0.0625. The number of benzene rings is 10. The van der Waals surface area contributed by atoms with Crippen molar-refractivity contribution in [1.82, 2.24) is 0 Å². The number of rotatable bonds is 7. The number of nitrogens with zero attached hydrogens (tertiary/aromatic N) is 1. The summed E-state index contributed by atoms with van der Waals surface area (Å²) < 4.78 is 2.61. The number of hydrogen-bond donors (Lipinski definition) is 0. The van der Waals surface area contributed by atoms with Crippen LogP contribution in [0.3, 0.4) is 0 Å². The van der Waals surface area contributed by atoms with E-state index in [9.17, 15) is 0 Å². The highest BCUT2D eigenvalue weighted by Crippen LogP contribution is 2.57. The van der Waals surface area contributed by atoms with Gasteiger partial charge in [-0.2, -0.15) is 0 Å². The average molecular weight is 860 g/mol. The topological polar surface area (TPSA) is 3.24 Å². The molecule has 0 N–H and O–H groups in total. The third kappa shape index (κ3) is 5.65. The first-order valence-corrected chi connectivity index (χ1v) is 23.8. The minimum atomic E-state index is -0.422. The molecule has 0 saturated carbocycles. The molecule has 0 saturated heterocycles. The highest BCUT2D eigenvalue weighted by molar-refractivity contribution is 7.26. The summed E-state index contributed by atoms with van der Waals surface area (Å²) in [4.78, 5) is 2.40. The summed E-state index contributed by atoms with van der Waals surface area (Å²) in [6.45, 7) is 4.71. The Morgan fingerprint density at radius 2 is 0.818 bits per heavy atom. The number of para-hydroxylation sites is 1. The van der Waals surface area contributed by atoms with Gasteiger partial charge >= 0.3 is 0 Å². The molecule has 66 heavy (non-hydrogen) atoms. The molecule has 0 atom stereocenters. The second kappa shape index (κ2) is 14.9. The average Bonchev–Trinajstić information content (AvgIpc) is 3.99. The summed E-state index contributed by atoms with van der Waals surface area (Å²) in [5, 5.41) is 2.61. The maximum Gasteiger partial charge on any atom is 0.0713 e. The van der Waals surface area contributed by atoms with Crippen LogP contribution in [0.1, 0.15) is 47.2 Å². The maximum atomic E-state index is 2.41. The second-order valence-corrected chi connectivity index (χ2v) is 19.4. The summed E-state index contributed by atoms with van der Waals surface area (Å²) in [6.07, 6.45) is 0. The molecule has 1 nitrogen and oxygen atoms in total. The van der Waals surface area contributed by atoms with Gasteiger partial charge in [-0.1, -0.05) is 208 Å². The van der Waals surface area contributed by atoms with E-state index >= 15 is 0 Å². The van der Waals surface area contributed by atoms with Gasteiger partial charge in [0, 0.05) is 42.6 Å². The lowest BCUT2D eigenvalue weighted by molar-refractivity contribution is 0.660. The predicted octanol–water partition coefficient (Wildman–Crippen LogP) is 17.5. The van der Waals surface area contributed by atoms with Gasteiger partial charge in [-0.3, -0.25) is 0 Å². The molecule has 1 heterocycles. The van der Waals surface area contributed by atoms with Crippen molar-refractivity contribution in [3.63, 3.8) is 0 Å². The Bertz CT molecular complexity index is 3610. The van der Waals surface area contributed by atoms with Gasteiger partial charge in [0.15, 0.2) is 0 Å². The molecule has 0 radical (unpaired) electrons. The first-order chi connectivity index (χ1) is 32.5. The van der Waals surface area contributed by atoms with Crippen LogP contribution in [-0.4, -0.2) is 0 Å². The molecule has 0 fully saturated rings. The van der Waals surface area contributed by atoms with Gasteiger partial charge in [0.1, 0.15) is 0 Å². The SMILES string of the molecule is CC1(C)c2ccccc2-c2ccc(N(c3ccccc3)c3ccc(-c4ccc(-c5ccc(C6(c7ccccc7)c7ccccc7-c7ccccc76)cc5)c5sc6ccccc6c45)cc3)cc21. The van der Waals surface area contributed by atoms with Crippen LogP contribution in [-0.2, 0) is 10.8 Å². The van der Waals surface area contributed by atoms with Crippen molar-refractivity contribution < 1.29 is 0 Å². The molecule has 10 aromatic carbocycles. The molecule has 0 spiro atoms. The molecule has 2 heteroatoms. The molecule has 13 rings (SSSR count). The van der Waals surface area contributed by atoms with Crippen LogP contribution in [0.5, 0.6) is 0 Å². The lowest BCUT2D eigenvalue weighted by Crippen LogP contribution is -2.28. The van der Waals surface area contributed by atoms with Gasteiger partial charge in [0.05, 0.1) is 5.41 Å². The first kappa shape index (κ1) is 38.7. The van der Waals surface area contributed by atoms with Crippen LogP contribution in [0.4, 0.5) is 17.1 Å². The van der Waals surface area contributed by atoms with Crippen LogP contribution < -0.4 is 4.90 Å². The lowest BCUT2D eigenvalue weighted by atomic mass is 9.67. The van der Waals surface area contributed by atoms with Crippen molar-refractivity contribution in [3.05, 3.63) is 270 Å². The fourth-order valence-electron chi connectivity index (χ4n) is 11.6. The predicted molar refractivity (Wildman–Crippen MR) is 280 cm³/mol. The minimum Gasteiger partial charge on any atom is -0.310 e. The number of thiophene rings is 1. The zero-order valence-corrected chi connectivity index (χ0v) is 37.7. The van der Waals surface area contributed by atoms with E-state index < -0.39 is 5.41 Å². The van der Waals surface area contributed by atoms with Gasteiger partial charge in [0.2, 0.25) is 0 Å². The normalized spacial score (nSPS) is 13.8. The zero-order chi connectivity index (χ0) is 44.0. The molecule has 0 unspecified atom stereocenters.